The molecule has 0 aromatic heterocycles. The van der Waals surface area contributed by atoms with E-state index >= 15 is 0 Å². The van der Waals surface area contributed by atoms with Crippen LogP contribution in [0.2, 0.25) is 0 Å². The molecule has 0 atom stereocenters. The molecule has 0 heterocycles. The molecule has 0 bridgehead atoms. The molecule has 0 radical (unpaired) electrons. The number of hydrogen-bond donors (Lipinski definition) is 1. The Morgan fingerprint density at radius 3 is 2.35 bits per heavy atom. The zero-order chi connectivity index (χ0) is 15.3. The van der Waals surface area contributed by atoms with E-state index in [4.69, 9.17) is 9.84 Å². The van der Waals surface area contributed by atoms with Gasteiger partial charge in [-0.05, 0) is 39.3 Å². The number of carbonyl (C=O) groups excluding carboxylic acids is 1. The monoisotopic (exact) mass is 279 g/mol. The third kappa shape index (κ3) is 4.57. The van der Waals surface area contributed by atoms with E-state index in [-0.39, 0.29) is 6.42 Å². The molecule has 0 aliphatic heterocycles. The van der Waals surface area contributed by atoms with Gasteiger partial charge in [0, 0.05) is 6.54 Å². The first-order valence-electron chi connectivity index (χ1n) is 6.55. The Kier molecular flexibility index (Phi) is 5.13. The molecule has 0 saturated carbocycles. The molecular formula is C15H21NO4. The Morgan fingerprint density at radius 1 is 1.25 bits per heavy atom. The highest BCUT2D eigenvalue weighted by Crippen LogP contribution is 2.23. The largest absolute Gasteiger partial charge is 0.481 e. The predicted molar refractivity (Wildman–Crippen MR) is 77.0 cm³/mol. The van der Waals surface area contributed by atoms with Crippen LogP contribution in [0.15, 0.2) is 24.3 Å². The smallest absolute Gasteiger partial charge is 0.414 e. The summed E-state index contributed by atoms with van der Waals surface area (Å²) in [5.41, 5.74) is 0.575. The fourth-order valence-corrected chi connectivity index (χ4v) is 1.80. The third-order valence-corrected chi connectivity index (χ3v) is 2.55. The summed E-state index contributed by atoms with van der Waals surface area (Å²) in [5, 5.41) is 8.94. The van der Waals surface area contributed by atoms with Gasteiger partial charge in [-0.1, -0.05) is 18.2 Å². The molecule has 0 fully saturated rings. The molecule has 1 N–H and O–H groups in total. The number of carboxylic acid groups (broad SMARTS) is 1. The lowest BCUT2D eigenvalue weighted by Crippen LogP contribution is -2.37. The van der Waals surface area contributed by atoms with E-state index in [1.54, 1.807) is 45.0 Å². The summed E-state index contributed by atoms with van der Waals surface area (Å²) in [5.74, 6) is -0.933. The number of carbonyl (C=O) groups is 2. The summed E-state index contributed by atoms with van der Waals surface area (Å²) >= 11 is 0. The summed E-state index contributed by atoms with van der Waals surface area (Å²) in [6.45, 7) is 7.61. The molecule has 110 valence electrons. The maximum atomic E-state index is 12.2. The topological polar surface area (TPSA) is 66.8 Å². The Bertz CT molecular complexity index is 491. The Labute approximate surface area is 119 Å². The fraction of sp³-hybridized carbons (Fsp3) is 0.467. The van der Waals surface area contributed by atoms with Gasteiger partial charge in [-0.2, -0.15) is 0 Å². The molecule has 1 aromatic rings. The molecule has 0 aliphatic rings. The Balaban J connectivity index is 3.06. The van der Waals surface area contributed by atoms with Crippen LogP contribution in [-0.2, 0) is 16.0 Å². The van der Waals surface area contributed by atoms with Crippen molar-refractivity contribution >= 4 is 17.7 Å². The van der Waals surface area contributed by atoms with Crippen LogP contribution in [0.25, 0.3) is 0 Å². The van der Waals surface area contributed by atoms with Crippen molar-refractivity contribution in [3.05, 3.63) is 29.8 Å². The van der Waals surface area contributed by atoms with Gasteiger partial charge in [-0.3, -0.25) is 9.69 Å². The normalized spacial score (nSPS) is 11.0. The van der Waals surface area contributed by atoms with Crippen LogP contribution in [-0.4, -0.2) is 29.3 Å². The lowest BCUT2D eigenvalue weighted by atomic mass is 10.1. The molecular weight excluding hydrogens is 258 g/mol. The molecule has 0 saturated heterocycles. The first-order chi connectivity index (χ1) is 9.24. The zero-order valence-electron chi connectivity index (χ0n) is 12.3. The minimum Gasteiger partial charge on any atom is -0.481 e. The average molecular weight is 279 g/mol. The molecule has 0 aliphatic carbocycles. The number of hydrogen-bond acceptors (Lipinski definition) is 3. The van der Waals surface area contributed by atoms with Crippen LogP contribution >= 0.6 is 0 Å². The lowest BCUT2D eigenvalue weighted by Gasteiger charge is -2.27. The van der Waals surface area contributed by atoms with Crippen molar-refractivity contribution in [1.82, 2.24) is 0 Å². The molecule has 0 unspecified atom stereocenters. The third-order valence-electron chi connectivity index (χ3n) is 2.55. The lowest BCUT2D eigenvalue weighted by molar-refractivity contribution is -0.136. The van der Waals surface area contributed by atoms with Crippen molar-refractivity contribution in [2.75, 3.05) is 11.4 Å². The van der Waals surface area contributed by atoms with Crippen molar-refractivity contribution in [3.8, 4) is 0 Å². The van der Waals surface area contributed by atoms with E-state index in [1.165, 1.54) is 4.90 Å². The minimum atomic E-state index is -0.933. The van der Waals surface area contributed by atoms with Gasteiger partial charge in [-0.15, -0.1) is 0 Å². The molecule has 5 heteroatoms. The minimum absolute atomic E-state index is 0.129. The van der Waals surface area contributed by atoms with Crippen molar-refractivity contribution < 1.29 is 19.4 Å². The summed E-state index contributed by atoms with van der Waals surface area (Å²) in [6, 6.07) is 6.96. The molecule has 20 heavy (non-hydrogen) atoms. The number of nitrogens with zero attached hydrogens (tertiary/aromatic N) is 1. The average Bonchev–Trinajstić information content (AvgIpc) is 2.29. The number of ether oxygens (including phenoxy) is 1. The first-order valence-corrected chi connectivity index (χ1v) is 6.55. The van der Waals surface area contributed by atoms with Crippen molar-refractivity contribution in [2.45, 2.75) is 39.7 Å². The number of para-hydroxylation sites is 1. The summed E-state index contributed by atoms with van der Waals surface area (Å²) in [4.78, 5) is 24.5. The first kappa shape index (κ1) is 16.0. The van der Waals surface area contributed by atoms with Crippen LogP contribution in [0.1, 0.15) is 33.3 Å². The molecule has 0 spiro atoms. The second-order valence-corrected chi connectivity index (χ2v) is 5.42. The van der Waals surface area contributed by atoms with Gasteiger partial charge in [0.2, 0.25) is 0 Å². The zero-order valence-corrected chi connectivity index (χ0v) is 12.3. The molecule has 5 nitrogen and oxygen atoms in total. The van der Waals surface area contributed by atoms with Crippen LogP contribution in [0.4, 0.5) is 10.5 Å². The number of amides is 1. The van der Waals surface area contributed by atoms with Crippen molar-refractivity contribution in [2.24, 2.45) is 0 Å². The maximum absolute atomic E-state index is 12.2. The summed E-state index contributed by atoms with van der Waals surface area (Å²) < 4.78 is 5.34. The fourth-order valence-electron chi connectivity index (χ4n) is 1.80. The quantitative estimate of drug-likeness (QED) is 0.919. The predicted octanol–water partition coefficient (Wildman–Crippen LogP) is 3.08. The summed E-state index contributed by atoms with van der Waals surface area (Å²) in [6.07, 6.45) is -0.604. The van der Waals surface area contributed by atoms with Crippen LogP contribution in [0, 0.1) is 0 Å². The summed E-state index contributed by atoms with van der Waals surface area (Å²) in [7, 11) is 0. The van der Waals surface area contributed by atoms with Crippen molar-refractivity contribution in [3.63, 3.8) is 0 Å². The van der Waals surface area contributed by atoms with Crippen LogP contribution < -0.4 is 4.90 Å². The van der Waals surface area contributed by atoms with Crippen LogP contribution in [0.3, 0.4) is 0 Å². The van der Waals surface area contributed by atoms with Crippen molar-refractivity contribution in [1.29, 1.82) is 0 Å². The SMILES string of the molecule is CCN(C(=O)OC(C)(C)C)c1ccccc1CC(=O)O. The molecule has 1 rings (SSSR count). The highest BCUT2D eigenvalue weighted by molar-refractivity contribution is 5.89. The highest BCUT2D eigenvalue weighted by Gasteiger charge is 2.24. The van der Waals surface area contributed by atoms with Gasteiger partial charge in [-0.25, -0.2) is 4.79 Å². The van der Waals surface area contributed by atoms with E-state index < -0.39 is 17.7 Å². The van der Waals surface area contributed by atoms with Gasteiger partial charge in [0.1, 0.15) is 5.60 Å². The molecule has 1 amide bonds. The number of carboxylic acids is 1. The van der Waals surface area contributed by atoms with Gasteiger partial charge < -0.3 is 9.84 Å². The Morgan fingerprint density at radius 2 is 1.85 bits per heavy atom. The highest BCUT2D eigenvalue weighted by atomic mass is 16.6. The maximum Gasteiger partial charge on any atom is 0.414 e. The molecule has 1 aromatic carbocycles. The van der Waals surface area contributed by atoms with E-state index in [1.807, 2.05) is 6.92 Å². The van der Waals surface area contributed by atoms with E-state index in [0.717, 1.165) is 0 Å². The number of rotatable bonds is 4. The number of anilines is 1. The second kappa shape index (κ2) is 6.41. The van der Waals surface area contributed by atoms with E-state index in [9.17, 15) is 9.59 Å². The second-order valence-electron chi connectivity index (χ2n) is 5.42. The van der Waals surface area contributed by atoms with Gasteiger partial charge in [0.25, 0.3) is 0 Å². The van der Waals surface area contributed by atoms with E-state index in [2.05, 4.69) is 0 Å². The number of benzene rings is 1. The van der Waals surface area contributed by atoms with Gasteiger partial charge >= 0.3 is 12.1 Å². The van der Waals surface area contributed by atoms with Gasteiger partial charge in [0.15, 0.2) is 0 Å². The van der Waals surface area contributed by atoms with Crippen LogP contribution in [0.5, 0.6) is 0 Å². The number of aliphatic carboxylic acids is 1. The van der Waals surface area contributed by atoms with E-state index in [0.29, 0.717) is 17.8 Å². The Hall–Kier alpha value is -2.04. The standard InChI is InChI=1S/C15H21NO4/c1-5-16(14(19)20-15(2,3)4)12-9-7-6-8-11(12)10-13(17)18/h6-9H,5,10H2,1-4H3,(H,17,18). The van der Waals surface area contributed by atoms with Gasteiger partial charge in [0.05, 0.1) is 12.1 Å².